The van der Waals surface area contributed by atoms with Gasteiger partial charge in [-0.25, -0.2) is 14.4 Å². The van der Waals surface area contributed by atoms with Gasteiger partial charge >= 0.3 is 6.18 Å². The van der Waals surface area contributed by atoms with Crippen molar-refractivity contribution in [2.24, 2.45) is 0 Å². The van der Waals surface area contributed by atoms with E-state index in [4.69, 9.17) is 15.7 Å². The molecule has 3 rings (SSSR count). The summed E-state index contributed by atoms with van der Waals surface area (Å²) in [5.41, 5.74) is 4.49. The average molecular weight is 406 g/mol. The summed E-state index contributed by atoms with van der Waals surface area (Å²) in [5, 5.41) is 14.7. The number of nitrogens with one attached hydrogen (secondary N) is 2. The standard InChI is InChI=1S/C18H14F4N6O/c19-11-4-2-1-3-10(11)9-25-14(13-5-6-29-28-13)7-12(23)17-26-15(18(20,21)22)8-16(24)27-17/h1-8,23,25H,9H2,(H2,24,26,27)/b14-7-,23-12?. The quantitative estimate of drug-likeness (QED) is 0.427. The highest BCUT2D eigenvalue weighted by Crippen LogP contribution is 2.28. The normalized spacial score (nSPS) is 12.1. The third kappa shape index (κ3) is 4.94. The van der Waals surface area contributed by atoms with E-state index in [1.165, 1.54) is 24.5 Å². The second kappa shape index (κ2) is 8.09. The fraction of sp³-hybridized carbons (Fsp3) is 0.111. The maximum atomic E-state index is 13.8. The third-order valence-corrected chi connectivity index (χ3v) is 3.71. The lowest BCUT2D eigenvalue weighted by Crippen LogP contribution is -2.17. The first kappa shape index (κ1) is 20.0. The zero-order valence-electron chi connectivity index (χ0n) is 14.7. The van der Waals surface area contributed by atoms with Gasteiger partial charge in [0.05, 0.1) is 5.70 Å². The van der Waals surface area contributed by atoms with Crippen LogP contribution in [0.15, 0.2) is 53.3 Å². The summed E-state index contributed by atoms with van der Waals surface area (Å²) < 4.78 is 57.4. The number of rotatable bonds is 6. The minimum absolute atomic E-state index is 0.0320. The number of allylic oxidation sites excluding steroid dienone is 1. The van der Waals surface area contributed by atoms with Crippen LogP contribution in [-0.4, -0.2) is 20.8 Å². The van der Waals surface area contributed by atoms with Gasteiger partial charge in [-0.05, 0) is 12.1 Å². The number of nitrogen functional groups attached to an aromatic ring is 1. The molecule has 0 radical (unpaired) electrons. The summed E-state index contributed by atoms with van der Waals surface area (Å²) in [6.07, 6.45) is -2.31. The Labute approximate surface area is 161 Å². The van der Waals surface area contributed by atoms with Crippen molar-refractivity contribution < 1.29 is 22.1 Å². The van der Waals surface area contributed by atoms with E-state index in [1.807, 2.05) is 0 Å². The number of aromatic nitrogens is 3. The first-order chi connectivity index (χ1) is 13.7. The predicted octanol–water partition coefficient (Wildman–Crippen LogP) is 3.40. The predicted molar refractivity (Wildman–Crippen MR) is 96.0 cm³/mol. The molecule has 2 heterocycles. The zero-order chi connectivity index (χ0) is 21.0. The summed E-state index contributed by atoms with van der Waals surface area (Å²) in [6, 6.07) is 8.09. The van der Waals surface area contributed by atoms with Crippen molar-refractivity contribution in [2.45, 2.75) is 12.7 Å². The van der Waals surface area contributed by atoms with Crippen LogP contribution in [-0.2, 0) is 12.7 Å². The lowest BCUT2D eigenvalue weighted by molar-refractivity contribution is -0.141. The van der Waals surface area contributed by atoms with Gasteiger partial charge in [0.2, 0.25) is 0 Å². The molecular weight excluding hydrogens is 392 g/mol. The van der Waals surface area contributed by atoms with Crippen LogP contribution >= 0.6 is 0 Å². The lowest BCUT2D eigenvalue weighted by atomic mass is 10.2. The second-order valence-electron chi connectivity index (χ2n) is 5.80. The monoisotopic (exact) mass is 406 g/mol. The zero-order valence-corrected chi connectivity index (χ0v) is 14.7. The first-order valence-electron chi connectivity index (χ1n) is 8.14. The molecule has 0 fully saturated rings. The van der Waals surface area contributed by atoms with E-state index in [9.17, 15) is 17.6 Å². The molecule has 7 nitrogen and oxygen atoms in total. The Morgan fingerprint density at radius 1 is 1.21 bits per heavy atom. The van der Waals surface area contributed by atoms with Gasteiger partial charge in [0.15, 0.2) is 11.5 Å². The van der Waals surface area contributed by atoms with E-state index >= 15 is 0 Å². The molecule has 0 saturated heterocycles. The number of anilines is 1. The van der Waals surface area contributed by atoms with E-state index in [0.29, 0.717) is 11.6 Å². The fourth-order valence-electron chi connectivity index (χ4n) is 2.34. The molecule has 29 heavy (non-hydrogen) atoms. The van der Waals surface area contributed by atoms with E-state index in [1.54, 1.807) is 12.1 Å². The van der Waals surface area contributed by atoms with Gasteiger partial charge in [-0.15, -0.1) is 0 Å². The van der Waals surface area contributed by atoms with E-state index in [2.05, 4.69) is 20.4 Å². The van der Waals surface area contributed by atoms with Crippen LogP contribution in [0.2, 0.25) is 0 Å². The molecule has 0 spiro atoms. The van der Waals surface area contributed by atoms with Crippen LogP contribution in [0.5, 0.6) is 0 Å². The average Bonchev–Trinajstić information content (AvgIpc) is 3.19. The number of benzene rings is 1. The molecule has 0 atom stereocenters. The number of alkyl halides is 3. The minimum Gasteiger partial charge on any atom is -0.384 e. The summed E-state index contributed by atoms with van der Waals surface area (Å²) in [7, 11) is 0. The molecule has 0 bridgehead atoms. The maximum absolute atomic E-state index is 13.8. The smallest absolute Gasteiger partial charge is 0.384 e. The van der Waals surface area contributed by atoms with Gasteiger partial charge < -0.3 is 15.6 Å². The first-order valence-corrected chi connectivity index (χ1v) is 8.14. The molecule has 0 aliphatic carbocycles. The third-order valence-electron chi connectivity index (χ3n) is 3.71. The molecule has 1 aromatic carbocycles. The van der Waals surface area contributed by atoms with Crippen molar-refractivity contribution in [2.75, 3.05) is 5.73 Å². The van der Waals surface area contributed by atoms with Crippen molar-refractivity contribution >= 4 is 17.2 Å². The Morgan fingerprint density at radius 2 is 1.97 bits per heavy atom. The SMILES string of the molecule is N=C(/C=C(\NCc1ccccc1F)c1ccon1)c1nc(N)cc(C(F)(F)F)n1. The molecule has 0 aliphatic heterocycles. The minimum atomic E-state index is -4.74. The molecule has 4 N–H and O–H groups in total. The lowest BCUT2D eigenvalue weighted by Gasteiger charge is -2.11. The number of halogens is 4. The molecule has 150 valence electrons. The molecule has 0 aliphatic rings. The molecule has 2 aromatic heterocycles. The van der Waals surface area contributed by atoms with E-state index < -0.39 is 35.0 Å². The molecule has 0 unspecified atom stereocenters. The topological polar surface area (TPSA) is 114 Å². The van der Waals surface area contributed by atoms with Gasteiger partial charge in [0.1, 0.15) is 29.3 Å². The summed E-state index contributed by atoms with van der Waals surface area (Å²) in [6.45, 7) is 0.0320. The highest BCUT2D eigenvalue weighted by Gasteiger charge is 2.33. The van der Waals surface area contributed by atoms with Gasteiger partial charge in [-0.2, -0.15) is 13.2 Å². The Kier molecular flexibility index (Phi) is 5.57. The highest BCUT2D eigenvalue weighted by molar-refractivity contribution is 6.07. The Hall–Kier alpha value is -3.76. The van der Waals surface area contributed by atoms with Crippen LogP contribution in [0.1, 0.15) is 22.8 Å². The highest BCUT2D eigenvalue weighted by atomic mass is 19.4. The van der Waals surface area contributed by atoms with Crippen LogP contribution < -0.4 is 11.1 Å². The van der Waals surface area contributed by atoms with E-state index in [0.717, 1.165) is 6.08 Å². The molecule has 3 aromatic rings. The van der Waals surface area contributed by atoms with Gasteiger partial charge in [0.25, 0.3) is 0 Å². The van der Waals surface area contributed by atoms with Crippen molar-refractivity contribution in [3.8, 4) is 0 Å². The molecule has 11 heteroatoms. The fourth-order valence-corrected chi connectivity index (χ4v) is 2.34. The van der Waals surface area contributed by atoms with E-state index in [-0.39, 0.29) is 17.9 Å². The van der Waals surface area contributed by atoms with Crippen LogP contribution in [0.3, 0.4) is 0 Å². The molecular formula is C18H14F4N6O. The summed E-state index contributed by atoms with van der Waals surface area (Å²) in [5.74, 6) is -1.39. The van der Waals surface area contributed by atoms with Gasteiger partial charge in [-0.1, -0.05) is 23.4 Å². The number of nitrogens with two attached hydrogens (primary N) is 1. The summed E-state index contributed by atoms with van der Waals surface area (Å²) in [4.78, 5) is 7.03. The molecule has 0 amide bonds. The van der Waals surface area contributed by atoms with Crippen molar-refractivity contribution in [1.29, 1.82) is 5.41 Å². The Balaban J connectivity index is 1.91. The summed E-state index contributed by atoms with van der Waals surface area (Å²) >= 11 is 0. The second-order valence-corrected chi connectivity index (χ2v) is 5.80. The maximum Gasteiger partial charge on any atom is 0.433 e. The Morgan fingerprint density at radius 3 is 2.62 bits per heavy atom. The number of hydrogen-bond acceptors (Lipinski definition) is 7. The van der Waals surface area contributed by atoms with Crippen molar-refractivity contribution in [3.05, 3.63) is 77.3 Å². The Bertz CT molecular complexity index is 1050. The number of hydrogen-bond donors (Lipinski definition) is 3. The van der Waals surface area contributed by atoms with Crippen LogP contribution in [0.25, 0.3) is 5.70 Å². The van der Waals surface area contributed by atoms with Gasteiger partial charge in [-0.3, -0.25) is 5.41 Å². The van der Waals surface area contributed by atoms with Crippen molar-refractivity contribution in [1.82, 2.24) is 20.4 Å². The van der Waals surface area contributed by atoms with Crippen LogP contribution in [0.4, 0.5) is 23.4 Å². The number of nitrogens with zero attached hydrogens (tertiary/aromatic N) is 3. The molecule has 0 saturated carbocycles. The van der Waals surface area contributed by atoms with Gasteiger partial charge in [0, 0.05) is 24.2 Å². The largest absolute Gasteiger partial charge is 0.433 e. The van der Waals surface area contributed by atoms with Crippen LogP contribution in [0, 0.1) is 11.2 Å². The van der Waals surface area contributed by atoms with Crippen molar-refractivity contribution in [3.63, 3.8) is 0 Å².